The first-order chi connectivity index (χ1) is 10.5. The zero-order valence-corrected chi connectivity index (χ0v) is 13.2. The molecule has 0 atom stereocenters. The van der Waals surface area contributed by atoms with Gasteiger partial charge in [-0.3, -0.25) is 14.9 Å². The van der Waals surface area contributed by atoms with Gasteiger partial charge < -0.3 is 5.32 Å². The molecule has 0 aromatic heterocycles. The first-order valence-corrected chi connectivity index (χ1v) is 7.62. The van der Waals surface area contributed by atoms with Crippen LogP contribution in [-0.2, 0) is 10.2 Å². The van der Waals surface area contributed by atoms with Crippen molar-refractivity contribution in [3.05, 3.63) is 68.7 Å². The van der Waals surface area contributed by atoms with Crippen molar-refractivity contribution in [1.82, 2.24) is 0 Å². The number of non-ortho nitro benzene ring substituents is 1. The van der Waals surface area contributed by atoms with Gasteiger partial charge in [-0.1, -0.05) is 28.1 Å². The molecular weight excluding hydrogens is 348 g/mol. The number of carbonyl (C=O) groups excluding carboxylic acids is 1. The molecule has 6 heteroatoms. The second-order valence-corrected chi connectivity index (χ2v) is 6.26. The molecule has 0 radical (unpaired) electrons. The minimum atomic E-state index is -0.470. The lowest BCUT2D eigenvalue weighted by molar-refractivity contribution is -0.384. The van der Waals surface area contributed by atoms with Gasteiger partial charge in [-0.05, 0) is 42.7 Å². The predicted octanol–water partition coefficient (Wildman–Crippen LogP) is 4.03. The molecule has 0 heterocycles. The topological polar surface area (TPSA) is 72.2 Å². The quantitative estimate of drug-likeness (QED) is 0.660. The van der Waals surface area contributed by atoms with Gasteiger partial charge in [0.15, 0.2) is 0 Å². The van der Waals surface area contributed by atoms with Crippen LogP contribution in [0.15, 0.2) is 53.0 Å². The monoisotopic (exact) mass is 360 g/mol. The Balaban J connectivity index is 1.76. The summed E-state index contributed by atoms with van der Waals surface area (Å²) in [6, 6.07) is 13.6. The third kappa shape index (κ3) is 2.74. The SMILES string of the molecule is O=C(Nc1ccc([N+](=O)[O-])cc1)C1(c2ccc(Br)cc2)CC1. The van der Waals surface area contributed by atoms with E-state index in [0.717, 1.165) is 22.9 Å². The largest absolute Gasteiger partial charge is 0.325 e. The number of amides is 1. The zero-order valence-electron chi connectivity index (χ0n) is 11.6. The third-order valence-electron chi connectivity index (χ3n) is 3.92. The first kappa shape index (κ1) is 14.7. The highest BCUT2D eigenvalue weighted by molar-refractivity contribution is 9.10. The number of hydrogen-bond donors (Lipinski definition) is 1. The van der Waals surface area contributed by atoms with Crippen LogP contribution in [0, 0.1) is 10.1 Å². The van der Waals surface area contributed by atoms with Crippen LogP contribution in [0.3, 0.4) is 0 Å². The maximum absolute atomic E-state index is 12.5. The number of hydrogen-bond acceptors (Lipinski definition) is 3. The van der Waals surface area contributed by atoms with E-state index in [-0.39, 0.29) is 11.6 Å². The lowest BCUT2D eigenvalue weighted by atomic mass is 9.95. The Morgan fingerprint density at radius 3 is 2.18 bits per heavy atom. The average molecular weight is 361 g/mol. The van der Waals surface area contributed by atoms with E-state index in [9.17, 15) is 14.9 Å². The van der Waals surface area contributed by atoms with Gasteiger partial charge in [0.25, 0.3) is 5.69 Å². The van der Waals surface area contributed by atoms with Crippen molar-refractivity contribution in [3.63, 3.8) is 0 Å². The molecule has 1 aliphatic carbocycles. The van der Waals surface area contributed by atoms with Gasteiger partial charge in [0.2, 0.25) is 5.91 Å². The molecule has 0 unspecified atom stereocenters. The molecule has 0 bridgehead atoms. The van der Waals surface area contributed by atoms with Crippen molar-refractivity contribution >= 4 is 33.2 Å². The molecule has 2 aromatic carbocycles. The Kier molecular flexibility index (Phi) is 3.70. The number of halogens is 1. The Morgan fingerprint density at radius 2 is 1.68 bits per heavy atom. The minimum absolute atomic E-state index is 0.00652. The molecule has 1 amide bonds. The summed E-state index contributed by atoms with van der Waals surface area (Å²) in [5, 5.41) is 13.5. The number of carbonyl (C=O) groups is 1. The van der Waals surface area contributed by atoms with Crippen molar-refractivity contribution in [1.29, 1.82) is 0 Å². The summed E-state index contributed by atoms with van der Waals surface area (Å²) in [7, 11) is 0. The molecule has 1 aliphatic rings. The highest BCUT2D eigenvalue weighted by atomic mass is 79.9. The van der Waals surface area contributed by atoms with Gasteiger partial charge >= 0.3 is 0 Å². The van der Waals surface area contributed by atoms with Crippen LogP contribution < -0.4 is 5.32 Å². The highest BCUT2D eigenvalue weighted by Crippen LogP contribution is 2.49. The van der Waals surface area contributed by atoms with Crippen LogP contribution >= 0.6 is 15.9 Å². The van der Waals surface area contributed by atoms with Crippen molar-refractivity contribution in [2.45, 2.75) is 18.3 Å². The van der Waals surface area contributed by atoms with Gasteiger partial charge in [-0.15, -0.1) is 0 Å². The fraction of sp³-hybridized carbons (Fsp3) is 0.188. The van der Waals surface area contributed by atoms with Gasteiger partial charge in [0.05, 0.1) is 10.3 Å². The third-order valence-corrected chi connectivity index (χ3v) is 4.45. The van der Waals surface area contributed by atoms with Crippen molar-refractivity contribution in [3.8, 4) is 0 Å². The maximum atomic E-state index is 12.5. The average Bonchev–Trinajstić information content (AvgIpc) is 3.30. The van der Waals surface area contributed by atoms with E-state index in [0.29, 0.717) is 5.69 Å². The fourth-order valence-electron chi connectivity index (χ4n) is 2.46. The molecule has 3 rings (SSSR count). The highest BCUT2D eigenvalue weighted by Gasteiger charge is 2.51. The normalized spacial score (nSPS) is 15.1. The number of nitrogens with one attached hydrogen (secondary N) is 1. The van der Waals surface area contributed by atoms with Gasteiger partial charge in [0.1, 0.15) is 0 Å². The van der Waals surface area contributed by atoms with E-state index in [4.69, 9.17) is 0 Å². The fourth-order valence-corrected chi connectivity index (χ4v) is 2.72. The Hall–Kier alpha value is -2.21. The number of nitro groups is 1. The minimum Gasteiger partial charge on any atom is -0.325 e. The van der Waals surface area contributed by atoms with Crippen LogP contribution in [0.25, 0.3) is 0 Å². The second kappa shape index (κ2) is 5.53. The Labute approximate surface area is 135 Å². The number of anilines is 1. The number of benzene rings is 2. The summed E-state index contributed by atoms with van der Waals surface area (Å²) < 4.78 is 0.975. The van der Waals surface area contributed by atoms with Crippen molar-refractivity contribution in [2.75, 3.05) is 5.32 Å². The number of nitrogens with zero attached hydrogens (tertiary/aromatic N) is 1. The van der Waals surface area contributed by atoms with Crippen LogP contribution in [0.5, 0.6) is 0 Å². The van der Waals surface area contributed by atoms with E-state index in [1.807, 2.05) is 24.3 Å². The van der Waals surface area contributed by atoms with Crippen molar-refractivity contribution < 1.29 is 9.72 Å². The predicted molar refractivity (Wildman–Crippen MR) is 86.8 cm³/mol. The molecule has 1 saturated carbocycles. The van der Waals surface area contributed by atoms with E-state index < -0.39 is 10.3 Å². The smallest absolute Gasteiger partial charge is 0.269 e. The van der Waals surface area contributed by atoms with E-state index in [1.165, 1.54) is 12.1 Å². The molecule has 5 nitrogen and oxygen atoms in total. The molecule has 1 N–H and O–H groups in total. The van der Waals surface area contributed by atoms with Gasteiger partial charge in [0, 0.05) is 22.3 Å². The van der Waals surface area contributed by atoms with E-state index in [2.05, 4.69) is 21.2 Å². The number of rotatable bonds is 4. The van der Waals surface area contributed by atoms with Crippen LogP contribution in [-0.4, -0.2) is 10.8 Å². The summed E-state index contributed by atoms with van der Waals surface area (Å²) >= 11 is 3.39. The summed E-state index contributed by atoms with van der Waals surface area (Å²) in [5.74, 6) is -0.0660. The standard InChI is InChI=1S/C16H13BrN2O3/c17-12-3-1-11(2-4-12)16(9-10-16)15(20)18-13-5-7-14(8-6-13)19(21)22/h1-8H,9-10H2,(H,18,20). The lowest BCUT2D eigenvalue weighted by Gasteiger charge is -2.16. The molecule has 1 fully saturated rings. The molecule has 2 aromatic rings. The van der Waals surface area contributed by atoms with E-state index in [1.54, 1.807) is 12.1 Å². The summed E-state index contributed by atoms with van der Waals surface area (Å²) in [6.07, 6.45) is 1.63. The van der Waals surface area contributed by atoms with Gasteiger partial charge in [-0.25, -0.2) is 0 Å². The van der Waals surface area contributed by atoms with Gasteiger partial charge in [-0.2, -0.15) is 0 Å². The summed E-state index contributed by atoms with van der Waals surface area (Å²) in [6.45, 7) is 0. The molecule has 0 saturated heterocycles. The summed E-state index contributed by atoms with van der Waals surface area (Å²) in [4.78, 5) is 22.7. The van der Waals surface area contributed by atoms with Crippen LogP contribution in [0.4, 0.5) is 11.4 Å². The Morgan fingerprint density at radius 1 is 1.09 bits per heavy atom. The molecule has 0 aliphatic heterocycles. The van der Waals surface area contributed by atoms with Crippen LogP contribution in [0.1, 0.15) is 18.4 Å². The van der Waals surface area contributed by atoms with Crippen LogP contribution in [0.2, 0.25) is 0 Å². The zero-order chi connectivity index (χ0) is 15.7. The first-order valence-electron chi connectivity index (χ1n) is 6.83. The Bertz CT molecular complexity index is 722. The lowest BCUT2D eigenvalue weighted by Crippen LogP contribution is -2.27. The number of nitro benzene ring substituents is 1. The van der Waals surface area contributed by atoms with Crippen molar-refractivity contribution in [2.24, 2.45) is 0 Å². The summed E-state index contributed by atoms with van der Waals surface area (Å²) in [5.41, 5.74) is 1.10. The molecule has 0 spiro atoms. The second-order valence-electron chi connectivity index (χ2n) is 5.35. The molecule has 22 heavy (non-hydrogen) atoms. The maximum Gasteiger partial charge on any atom is 0.269 e. The van der Waals surface area contributed by atoms with E-state index >= 15 is 0 Å². The molecular formula is C16H13BrN2O3. The molecule has 112 valence electrons.